The number of amides is 4. The summed E-state index contributed by atoms with van der Waals surface area (Å²) in [5, 5.41) is 8.97. The largest absolute Gasteiger partial charge is 0.497 e. The first-order valence-corrected chi connectivity index (χ1v) is 17.3. The average molecular weight is 708 g/mol. The molecule has 4 amide bonds. The zero-order chi connectivity index (χ0) is 37.0. The second-order valence-corrected chi connectivity index (χ2v) is 13.1. The molecule has 2 atom stereocenters. The molecular weight excluding hydrogens is 662 g/mol. The zero-order valence-electron chi connectivity index (χ0n) is 29.9. The summed E-state index contributed by atoms with van der Waals surface area (Å²) >= 11 is 0. The van der Waals surface area contributed by atoms with Crippen LogP contribution in [0, 0.1) is 5.92 Å². The van der Waals surface area contributed by atoms with Gasteiger partial charge >= 0.3 is 0 Å². The summed E-state index contributed by atoms with van der Waals surface area (Å²) in [6, 6.07) is 14.5. The minimum atomic E-state index is -0.960. The molecule has 272 valence electrons. The first-order valence-electron chi connectivity index (χ1n) is 17.3. The van der Waals surface area contributed by atoms with Gasteiger partial charge in [-0.05, 0) is 78.8 Å². The minimum absolute atomic E-state index is 0.0295. The number of ether oxygens (including phenoxy) is 2. The van der Waals surface area contributed by atoms with Crippen LogP contribution in [0.15, 0.2) is 79.4 Å². The van der Waals surface area contributed by atoms with Crippen molar-refractivity contribution in [1.29, 1.82) is 0 Å². The number of aryl methyl sites for hydroxylation is 1. The summed E-state index contributed by atoms with van der Waals surface area (Å²) in [7, 11) is 3.13. The molecule has 2 aromatic carbocycles. The number of nitrogens with one attached hydrogen (secondary N) is 3. The number of fused-ring (bicyclic) bond motifs is 2. The van der Waals surface area contributed by atoms with Crippen LogP contribution in [0.1, 0.15) is 58.5 Å². The third-order valence-corrected chi connectivity index (χ3v) is 8.69. The lowest BCUT2D eigenvalue weighted by molar-refractivity contribution is -0.123. The molecule has 2 bridgehead atoms. The van der Waals surface area contributed by atoms with E-state index in [9.17, 15) is 19.2 Å². The average Bonchev–Trinajstić information content (AvgIpc) is 3.15. The molecule has 52 heavy (non-hydrogen) atoms. The molecule has 0 saturated heterocycles. The summed E-state index contributed by atoms with van der Waals surface area (Å²) in [5.41, 5.74) is 2.86. The van der Waals surface area contributed by atoms with E-state index in [1.807, 2.05) is 32.0 Å². The SMILES string of the molecule is COc1ccc(C[C@@H]2NC(=O)c3ccc(OC)c(c3)CCCNC(=O)CN(C(=O)c3cnc(-c4cccnc4)nc3)C[C@H](CC(C)C)NC2=O)cc1. The molecule has 0 unspecified atom stereocenters. The third kappa shape index (κ3) is 10.1. The summed E-state index contributed by atoms with van der Waals surface area (Å²) in [5.74, 6) is 0.157. The van der Waals surface area contributed by atoms with Crippen molar-refractivity contribution in [3.05, 3.63) is 102 Å². The van der Waals surface area contributed by atoms with Crippen molar-refractivity contribution in [1.82, 2.24) is 35.8 Å². The Balaban J connectivity index is 1.47. The fraction of sp³-hybridized carbons (Fsp3) is 0.359. The molecule has 0 fully saturated rings. The van der Waals surface area contributed by atoms with E-state index < -0.39 is 29.8 Å². The normalized spacial score (nSPS) is 17.4. The molecule has 13 heteroatoms. The lowest BCUT2D eigenvalue weighted by Crippen LogP contribution is -2.54. The van der Waals surface area contributed by atoms with Crippen LogP contribution >= 0.6 is 0 Å². The molecule has 0 aliphatic carbocycles. The van der Waals surface area contributed by atoms with E-state index >= 15 is 0 Å². The number of hydrogen-bond donors (Lipinski definition) is 3. The minimum Gasteiger partial charge on any atom is -0.497 e. The molecule has 1 aliphatic rings. The van der Waals surface area contributed by atoms with E-state index in [0.717, 1.165) is 11.1 Å². The van der Waals surface area contributed by atoms with Crippen molar-refractivity contribution in [3.63, 3.8) is 0 Å². The Morgan fingerprint density at radius 2 is 1.71 bits per heavy atom. The number of hydrogen-bond acceptors (Lipinski definition) is 9. The van der Waals surface area contributed by atoms with E-state index in [1.54, 1.807) is 63.0 Å². The summed E-state index contributed by atoms with van der Waals surface area (Å²) in [6.45, 7) is 4.13. The highest BCUT2D eigenvalue weighted by atomic mass is 16.5. The number of carbonyl (C=O) groups is 4. The van der Waals surface area contributed by atoms with E-state index in [4.69, 9.17) is 9.47 Å². The first kappa shape index (κ1) is 37.4. The van der Waals surface area contributed by atoms with E-state index in [-0.39, 0.29) is 36.9 Å². The summed E-state index contributed by atoms with van der Waals surface area (Å²) < 4.78 is 10.8. The number of methoxy groups -OCH3 is 2. The van der Waals surface area contributed by atoms with Crippen LogP contribution in [0.4, 0.5) is 0 Å². The number of carbonyl (C=O) groups excluding carboxylic acids is 4. The third-order valence-electron chi connectivity index (χ3n) is 8.69. The van der Waals surface area contributed by atoms with E-state index in [0.29, 0.717) is 54.3 Å². The Bertz CT molecular complexity index is 1830. The van der Waals surface area contributed by atoms with Crippen molar-refractivity contribution in [2.24, 2.45) is 5.92 Å². The number of benzene rings is 2. The Labute approximate surface area is 303 Å². The monoisotopic (exact) mass is 707 g/mol. The smallest absolute Gasteiger partial charge is 0.257 e. The van der Waals surface area contributed by atoms with Gasteiger partial charge in [0.1, 0.15) is 17.5 Å². The van der Waals surface area contributed by atoms with Crippen molar-refractivity contribution in [2.75, 3.05) is 33.9 Å². The Morgan fingerprint density at radius 1 is 0.942 bits per heavy atom. The fourth-order valence-corrected chi connectivity index (χ4v) is 6.10. The lowest BCUT2D eigenvalue weighted by atomic mass is 10.00. The quantitative estimate of drug-likeness (QED) is 0.248. The number of rotatable bonds is 8. The van der Waals surface area contributed by atoms with Gasteiger partial charge in [-0.15, -0.1) is 0 Å². The van der Waals surface area contributed by atoms with Crippen LogP contribution in [-0.4, -0.2) is 89.4 Å². The Morgan fingerprint density at radius 3 is 2.38 bits per heavy atom. The molecule has 2 aromatic heterocycles. The predicted octanol–water partition coefficient (Wildman–Crippen LogP) is 3.63. The van der Waals surface area contributed by atoms with Gasteiger partial charge in [-0.25, -0.2) is 9.97 Å². The van der Waals surface area contributed by atoms with Crippen molar-refractivity contribution >= 4 is 23.6 Å². The molecular formula is C39H45N7O6. The van der Waals surface area contributed by atoms with Gasteiger partial charge < -0.3 is 30.3 Å². The summed E-state index contributed by atoms with van der Waals surface area (Å²) in [4.78, 5) is 69.5. The molecule has 5 rings (SSSR count). The topological polar surface area (TPSA) is 165 Å². The molecule has 1 aliphatic heterocycles. The van der Waals surface area contributed by atoms with E-state index in [2.05, 4.69) is 30.9 Å². The zero-order valence-corrected chi connectivity index (χ0v) is 29.9. The van der Waals surface area contributed by atoms with Crippen LogP contribution in [0.3, 0.4) is 0 Å². The number of nitrogens with zero attached hydrogens (tertiary/aromatic N) is 4. The second kappa shape index (κ2) is 17.9. The molecule has 0 radical (unpaired) electrons. The van der Waals surface area contributed by atoms with Gasteiger partial charge in [0, 0.05) is 61.5 Å². The van der Waals surface area contributed by atoms with Crippen LogP contribution in [-0.2, 0) is 22.4 Å². The predicted molar refractivity (Wildman–Crippen MR) is 195 cm³/mol. The van der Waals surface area contributed by atoms with Crippen molar-refractivity contribution in [3.8, 4) is 22.9 Å². The molecule has 0 spiro atoms. The lowest BCUT2D eigenvalue weighted by Gasteiger charge is -2.30. The summed E-state index contributed by atoms with van der Waals surface area (Å²) in [6.07, 6.45) is 7.90. The number of pyridine rings is 1. The molecule has 13 nitrogen and oxygen atoms in total. The highest BCUT2D eigenvalue weighted by Crippen LogP contribution is 2.22. The Kier molecular flexibility index (Phi) is 12.9. The maximum absolute atomic E-state index is 14.2. The van der Waals surface area contributed by atoms with Gasteiger partial charge in [0.05, 0.1) is 26.3 Å². The molecule has 3 heterocycles. The molecule has 3 N–H and O–H groups in total. The van der Waals surface area contributed by atoms with Crippen LogP contribution in [0.2, 0.25) is 0 Å². The highest BCUT2D eigenvalue weighted by Gasteiger charge is 2.29. The first-order chi connectivity index (χ1) is 25.1. The van der Waals surface area contributed by atoms with Crippen LogP contribution in [0.25, 0.3) is 11.4 Å². The molecule has 4 aromatic rings. The van der Waals surface area contributed by atoms with Gasteiger partial charge in [0.15, 0.2) is 5.82 Å². The maximum atomic E-state index is 14.2. The van der Waals surface area contributed by atoms with Gasteiger partial charge in [-0.2, -0.15) is 0 Å². The molecule has 0 saturated carbocycles. The fourth-order valence-electron chi connectivity index (χ4n) is 6.10. The Hall–Kier alpha value is -5.85. The van der Waals surface area contributed by atoms with Crippen LogP contribution in [0.5, 0.6) is 11.5 Å². The van der Waals surface area contributed by atoms with Gasteiger partial charge in [-0.3, -0.25) is 24.2 Å². The highest BCUT2D eigenvalue weighted by molar-refractivity contribution is 5.98. The second-order valence-electron chi connectivity index (χ2n) is 13.1. The maximum Gasteiger partial charge on any atom is 0.257 e. The van der Waals surface area contributed by atoms with Gasteiger partial charge in [-0.1, -0.05) is 26.0 Å². The van der Waals surface area contributed by atoms with Crippen molar-refractivity contribution in [2.45, 2.75) is 51.6 Å². The van der Waals surface area contributed by atoms with Crippen LogP contribution < -0.4 is 25.4 Å². The van der Waals surface area contributed by atoms with E-state index in [1.165, 1.54) is 17.3 Å². The van der Waals surface area contributed by atoms with Gasteiger partial charge in [0.2, 0.25) is 11.8 Å². The van der Waals surface area contributed by atoms with Crippen molar-refractivity contribution < 1.29 is 28.7 Å². The van der Waals surface area contributed by atoms with Gasteiger partial charge in [0.25, 0.3) is 11.8 Å². The number of aromatic nitrogens is 3. The standard InChI is InChI=1S/C39H45N7O6/c1-25(2)17-31-23-46(39(50)30-21-42-36(43-22-30)29-8-5-15-40-20-29)24-35(47)41-16-6-7-27-19-28(11-14-34(27)52-4)37(48)45-33(38(49)44-31)18-26-9-12-32(51-3)13-10-26/h5,8-15,19-22,25,31,33H,6-7,16-18,23-24H2,1-4H3,(H,41,47)(H,44,49)(H,45,48)/t31-,33-/m0/s1.